The van der Waals surface area contributed by atoms with E-state index in [1.165, 1.54) is 24.6 Å². The molecule has 19 heavy (non-hydrogen) atoms. The summed E-state index contributed by atoms with van der Waals surface area (Å²) >= 11 is 1.49. The summed E-state index contributed by atoms with van der Waals surface area (Å²) in [6.45, 7) is 1.43. The van der Waals surface area contributed by atoms with Crippen molar-refractivity contribution >= 4 is 29.1 Å². The maximum absolute atomic E-state index is 11.9. The minimum atomic E-state index is -0.333. The topological polar surface area (TPSA) is 99.8 Å². The van der Waals surface area contributed by atoms with Gasteiger partial charge in [-0.1, -0.05) is 6.07 Å². The van der Waals surface area contributed by atoms with Crippen molar-refractivity contribution in [3.63, 3.8) is 0 Å². The number of hydrogen-bond donors (Lipinski definition) is 3. The van der Waals surface area contributed by atoms with Crippen LogP contribution < -0.4 is 10.6 Å². The van der Waals surface area contributed by atoms with Gasteiger partial charge in [0.1, 0.15) is 6.33 Å². The van der Waals surface area contributed by atoms with Crippen LogP contribution in [0.5, 0.6) is 0 Å². The molecule has 0 fully saturated rings. The highest BCUT2D eigenvalue weighted by molar-refractivity contribution is 7.10. The Morgan fingerprint density at radius 1 is 1.53 bits per heavy atom. The van der Waals surface area contributed by atoms with Crippen LogP contribution in [0.4, 0.5) is 5.95 Å². The van der Waals surface area contributed by atoms with Gasteiger partial charge in [0, 0.05) is 11.8 Å². The fourth-order valence-electron chi connectivity index (χ4n) is 1.59. The van der Waals surface area contributed by atoms with E-state index < -0.39 is 0 Å². The number of amides is 2. The first-order valence-electron chi connectivity index (χ1n) is 5.61. The van der Waals surface area contributed by atoms with Crippen molar-refractivity contribution in [2.75, 3.05) is 5.32 Å². The van der Waals surface area contributed by atoms with Gasteiger partial charge in [0.2, 0.25) is 17.8 Å². The highest BCUT2D eigenvalue weighted by atomic mass is 32.1. The number of anilines is 1. The molecular weight excluding hydrogens is 266 g/mol. The Balaban J connectivity index is 1.99. The minimum absolute atomic E-state index is 0.140. The Labute approximate surface area is 113 Å². The predicted octanol–water partition coefficient (Wildman–Crippen LogP) is 1.07. The minimum Gasteiger partial charge on any atom is -0.348 e. The number of carbonyl (C=O) groups is 2. The fraction of sp³-hybridized carbons (Fsp3) is 0.273. The molecule has 7 nitrogen and oxygen atoms in total. The molecule has 2 rings (SSSR count). The van der Waals surface area contributed by atoms with Crippen LogP contribution in [0.1, 0.15) is 24.3 Å². The molecule has 8 heteroatoms. The lowest BCUT2D eigenvalue weighted by Gasteiger charge is -2.15. The van der Waals surface area contributed by atoms with Crippen molar-refractivity contribution < 1.29 is 9.59 Å². The molecule has 2 amide bonds. The van der Waals surface area contributed by atoms with Gasteiger partial charge in [0.25, 0.3) is 0 Å². The first kappa shape index (κ1) is 13.2. The van der Waals surface area contributed by atoms with Crippen molar-refractivity contribution in [2.45, 2.75) is 19.4 Å². The van der Waals surface area contributed by atoms with Gasteiger partial charge in [0.15, 0.2) is 0 Å². The zero-order chi connectivity index (χ0) is 13.7. The van der Waals surface area contributed by atoms with Crippen LogP contribution in [0, 0.1) is 0 Å². The first-order chi connectivity index (χ1) is 9.15. The molecular formula is C11H13N5O2S. The Hall–Kier alpha value is -2.22. The number of nitrogens with zero attached hydrogens (tertiary/aromatic N) is 2. The quantitative estimate of drug-likeness (QED) is 0.762. The van der Waals surface area contributed by atoms with E-state index in [1.54, 1.807) is 0 Å². The number of hydrogen-bond acceptors (Lipinski definition) is 5. The lowest BCUT2D eigenvalue weighted by molar-refractivity contribution is -0.120. The second-order valence-electron chi connectivity index (χ2n) is 3.85. The van der Waals surface area contributed by atoms with Crippen LogP contribution in [-0.2, 0) is 9.59 Å². The largest absolute Gasteiger partial charge is 0.348 e. The van der Waals surface area contributed by atoms with Gasteiger partial charge >= 0.3 is 0 Å². The summed E-state index contributed by atoms with van der Waals surface area (Å²) in [6, 6.07) is 3.43. The summed E-state index contributed by atoms with van der Waals surface area (Å²) in [4.78, 5) is 27.8. The van der Waals surface area contributed by atoms with Gasteiger partial charge in [-0.3, -0.25) is 14.9 Å². The molecule has 0 aromatic carbocycles. The van der Waals surface area contributed by atoms with Crippen molar-refractivity contribution in [1.82, 2.24) is 20.5 Å². The molecule has 2 aromatic rings. The lowest BCUT2D eigenvalue weighted by Crippen LogP contribution is -2.29. The standard InChI is InChI=1S/C11H13N5O2S/c1-7(17)14-8(9-3-2-4-19-9)5-10(18)15-11-12-6-13-16-11/h2-4,6,8H,5H2,1H3,(H,14,17)(H2,12,13,15,16,18)/t8-/m1/s1. The van der Waals surface area contributed by atoms with Gasteiger partial charge in [0.05, 0.1) is 12.5 Å². The molecule has 100 valence electrons. The SMILES string of the molecule is CC(=O)N[C@H](CC(=O)Nc1ncn[nH]1)c1cccs1. The van der Waals surface area contributed by atoms with E-state index in [9.17, 15) is 9.59 Å². The van der Waals surface area contributed by atoms with E-state index in [0.29, 0.717) is 0 Å². The van der Waals surface area contributed by atoms with E-state index >= 15 is 0 Å². The maximum Gasteiger partial charge on any atom is 0.229 e. The van der Waals surface area contributed by atoms with Crippen LogP contribution in [0.3, 0.4) is 0 Å². The predicted molar refractivity (Wildman–Crippen MR) is 70.5 cm³/mol. The average Bonchev–Trinajstić information content (AvgIpc) is 2.99. The number of H-pyrrole nitrogens is 1. The molecule has 0 unspecified atom stereocenters. The number of carbonyl (C=O) groups excluding carboxylic acids is 2. The van der Waals surface area contributed by atoms with Gasteiger partial charge in [-0.15, -0.1) is 11.3 Å². The molecule has 0 aliphatic rings. The Bertz CT molecular complexity index is 537. The zero-order valence-electron chi connectivity index (χ0n) is 10.2. The summed E-state index contributed by atoms with van der Waals surface area (Å²) in [5, 5.41) is 13.4. The number of aromatic amines is 1. The number of rotatable bonds is 5. The average molecular weight is 279 g/mol. The van der Waals surface area contributed by atoms with E-state index in [2.05, 4.69) is 25.8 Å². The molecule has 2 heterocycles. The normalized spacial score (nSPS) is 11.8. The number of thiophene rings is 1. The van der Waals surface area contributed by atoms with Crippen LogP contribution >= 0.6 is 11.3 Å². The summed E-state index contributed by atoms with van der Waals surface area (Å²) in [5.41, 5.74) is 0. The van der Waals surface area contributed by atoms with Gasteiger partial charge in [-0.05, 0) is 11.4 Å². The third-order valence-electron chi connectivity index (χ3n) is 2.33. The Morgan fingerprint density at radius 3 is 2.95 bits per heavy atom. The van der Waals surface area contributed by atoms with Crippen LogP contribution in [0.25, 0.3) is 0 Å². The molecule has 0 radical (unpaired) electrons. The molecule has 2 aromatic heterocycles. The Kier molecular flexibility index (Phi) is 4.24. The van der Waals surface area contributed by atoms with E-state index in [-0.39, 0.29) is 30.2 Å². The maximum atomic E-state index is 11.9. The van der Waals surface area contributed by atoms with Crippen molar-refractivity contribution in [3.8, 4) is 0 Å². The number of nitrogens with one attached hydrogen (secondary N) is 3. The first-order valence-corrected chi connectivity index (χ1v) is 6.49. The summed E-state index contributed by atoms with van der Waals surface area (Å²) in [7, 11) is 0. The molecule has 0 saturated heterocycles. The van der Waals surface area contributed by atoms with Gasteiger partial charge < -0.3 is 5.32 Å². The van der Waals surface area contributed by atoms with Crippen molar-refractivity contribution in [2.24, 2.45) is 0 Å². The molecule has 0 spiro atoms. The monoisotopic (exact) mass is 279 g/mol. The highest BCUT2D eigenvalue weighted by Gasteiger charge is 2.18. The van der Waals surface area contributed by atoms with E-state index in [0.717, 1.165) is 4.88 Å². The highest BCUT2D eigenvalue weighted by Crippen LogP contribution is 2.22. The lowest BCUT2D eigenvalue weighted by atomic mass is 10.1. The smallest absolute Gasteiger partial charge is 0.229 e. The second kappa shape index (κ2) is 6.10. The molecule has 1 atom stereocenters. The van der Waals surface area contributed by atoms with Crippen molar-refractivity contribution in [1.29, 1.82) is 0 Å². The summed E-state index contributed by atoms with van der Waals surface area (Å²) < 4.78 is 0. The third-order valence-corrected chi connectivity index (χ3v) is 3.31. The van der Waals surface area contributed by atoms with Gasteiger partial charge in [-0.25, -0.2) is 5.10 Å². The molecule has 0 aliphatic carbocycles. The van der Waals surface area contributed by atoms with E-state index in [1.807, 2.05) is 17.5 Å². The molecule has 0 aliphatic heterocycles. The number of aromatic nitrogens is 3. The zero-order valence-corrected chi connectivity index (χ0v) is 11.0. The fourth-order valence-corrected chi connectivity index (χ4v) is 2.37. The molecule has 3 N–H and O–H groups in total. The van der Waals surface area contributed by atoms with Crippen molar-refractivity contribution in [3.05, 3.63) is 28.7 Å². The summed E-state index contributed by atoms with van der Waals surface area (Å²) in [5.74, 6) is -0.132. The van der Waals surface area contributed by atoms with Gasteiger partial charge in [-0.2, -0.15) is 10.1 Å². The van der Waals surface area contributed by atoms with Crippen LogP contribution in [-0.4, -0.2) is 27.0 Å². The Morgan fingerprint density at radius 2 is 2.37 bits per heavy atom. The second-order valence-corrected chi connectivity index (χ2v) is 4.83. The third kappa shape index (κ3) is 3.88. The van der Waals surface area contributed by atoms with E-state index in [4.69, 9.17) is 0 Å². The summed E-state index contributed by atoms with van der Waals surface area (Å²) in [6.07, 6.45) is 1.45. The molecule has 0 bridgehead atoms. The molecule has 0 saturated carbocycles. The van der Waals surface area contributed by atoms with Crippen LogP contribution in [0.2, 0.25) is 0 Å². The van der Waals surface area contributed by atoms with Crippen LogP contribution in [0.15, 0.2) is 23.8 Å².